The first-order chi connectivity index (χ1) is 9.10. The highest BCUT2D eigenvalue weighted by atomic mass is 35.5. The molecular formula is C14H17ClO4. The average molecular weight is 285 g/mol. The van der Waals surface area contributed by atoms with Crippen LogP contribution in [0.2, 0.25) is 5.02 Å². The summed E-state index contributed by atoms with van der Waals surface area (Å²) in [5.41, 5.74) is 0.617. The van der Waals surface area contributed by atoms with Crippen LogP contribution in [0.25, 0.3) is 0 Å². The van der Waals surface area contributed by atoms with E-state index < -0.39 is 5.97 Å². The number of hydrogen-bond acceptors (Lipinski definition) is 3. The lowest BCUT2D eigenvalue weighted by Gasteiger charge is -2.17. The number of benzene rings is 1. The maximum absolute atomic E-state index is 10.8. The van der Waals surface area contributed by atoms with Gasteiger partial charge in [0.1, 0.15) is 0 Å². The molecule has 1 N–H and O–H groups in total. The van der Waals surface area contributed by atoms with Gasteiger partial charge in [-0.05, 0) is 43.4 Å². The SMILES string of the molecule is COc1c(Cl)cc(CC(=O)O)cc1OC1CCCC1. The fourth-order valence-corrected chi connectivity index (χ4v) is 2.68. The van der Waals surface area contributed by atoms with Crippen LogP contribution < -0.4 is 9.47 Å². The number of carboxylic acid groups (broad SMARTS) is 1. The molecule has 1 fully saturated rings. The Balaban J connectivity index is 2.26. The zero-order chi connectivity index (χ0) is 13.8. The maximum atomic E-state index is 10.8. The Morgan fingerprint density at radius 2 is 2.11 bits per heavy atom. The van der Waals surface area contributed by atoms with Gasteiger partial charge in [0.2, 0.25) is 0 Å². The van der Waals surface area contributed by atoms with Crippen LogP contribution in [-0.4, -0.2) is 24.3 Å². The topological polar surface area (TPSA) is 55.8 Å². The summed E-state index contributed by atoms with van der Waals surface area (Å²) in [6.07, 6.45) is 4.45. The number of hydrogen-bond donors (Lipinski definition) is 1. The lowest BCUT2D eigenvalue weighted by molar-refractivity contribution is -0.136. The molecule has 0 spiro atoms. The van der Waals surface area contributed by atoms with Crippen molar-refractivity contribution in [2.75, 3.05) is 7.11 Å². The van der Waals surface area contributed by atoms with Gasteiger partial charge in [-0.2, -0.15) is 0 Å². The number of halogens is 1. The van der Waals surface area contributed by atoms with Crippen LogP contribution in [0.5, 0.6) is 11.5 Å². The normalized spacial score (nSPS) is 15.5. The Hall–Kier alpha value is -1.42. The number of carboxylic acids is 1. The summed E-state index contributed by atoms with van der Waals surface area (Å²) in [6.45, 7) is 0. The van der Waals surface area contributed by atoms with Crippen molar-refractivity contribution in [2.45, 2.75) is 38.2 Å². The molecule has 104 valence electrons. The van der Waals surface area contributed by atoms with Crippen LogP contribution in [0.4, 0.5) is 0 Å². The summed E-state index contributed by atoms with van der Waals surface area (Å²) in [7, 11) is 1.53. The van der Waals surface area contributed by atoms with E-state index in [9.17, 15) is 4.79 Å². The molecule has 0 heterocycles. The second kappa shape index (κ2) is 6.15. The fourth-order valence-electron chi connectivity index (χ4n) is 2.37. The Morgan fingerprint density at radius 1 is 1.42 bits per heavy atom. The molecule has 2 rings (SSSR count). The van der Waals surface area contributed by atoms with E-state index in [-0.39, 0.29) is 12.5 Å². The Kier molecular flexibility index (Phi) is 4.53. The quantitative estimate of drug-likeness (QED) is 0.901. The largest absolute Gasteiger partial charge is 0.491 e. The number of ether oxygens (including phenoxy) is 2. The van der Waals surface area contributed by atoms with E-state index in [2.05, 4.69) is 0 Å². The molecule has 0 unspecified atom stereocenters. The summed E-state index contributed by atoms with van der Waals surface area (Å²) >= 11 is 6.11. The van der Waals surface area contributed by atoms with Gasteiger partial charge < -0.3 is 14.6 Å². The highest BCUT2D eigenvalue weighted by Crippen LogP contribution is 2.38. The highest BCUT2D eigenvalue weighted by Gasteiger charge is 2.20. The van der Waals surface area contributed by atoms with E-state index in [0.29, 0.717) is 22.1 Å². The molecule has 1 aliphatic rings. The van der Waals surface area contributed by atoms with Gasteiger partial charge in [0.05, 0.1) is 24.7 Å². The van der Waals surface area contributed by atoms with Gasteiger partial charge in [-0.1, -0.05) is 11.6 Å². The summed E-state index contributed by atoms with van der Waals surface area (Å²) in [5.74, 6) is 0.119. The highest BCUT2D eigenvalue weighted by molar-refractivity contribution is 6.32. The monoisotopic (exact) mass is 284 g/mol. The minimum Gasteiger partial charge on any atom is -0.491 e. The lowest BCUT2D eigenvalue weighted by Crippen LogP contribution is -2.12. The number of methoxy groups -OCH3 is 1. The third-order valence-corrected chi connectivity index (χ3v) is 3.51. The molecule has 0 aromatic heterocycles. The minimum absolute atomic E-state index is 0.0786. The number of aliphatic carboxylic acids is 1. The van der Waals surface area contributed by atoms with Gasteiger partial charge in [-0.25, -0.2) is 0 Å². The Morgan fingerprint density at radius 3 is 2.68 bits per heavy atom. The van der Waals surface area contributed by atoms with E-state index in [4.69, 9.17) is 26.2 Å². The lowest BCUT2D eigenvalue weighted by atomic mass is 10.1. The van der Waals surface area contributed by atoms with E-state index >= 15 is 0 Å². The molecule has 1 aromatic carbocycles. The van der Waals surface area contributed by atoms with Gasteiger partial charge in [0.15, 0.2) is 11.5 Å². The van der Waals surface area contributed by atoms with Crippen LogP contribution in [0.15, 0.2) is 12.1 Å². The molecule has 0 saturated heterocycles. The van der Waals surface area contributed by atoms with Gasteiger partial charge >= 0.3 is 5.97 Å². The van der Waals surface area contributed by atoms with Gasteiger partial charge in [0, 0.05) is 0 Å². The van der Waals surface area contributed by atoms with E-state index in [1.54, 1.807) is 12.1 Å². The van der Waals surface area contributed by atoms with Crippen molar-refractivity contribution >= 4 is 17.6 Å². The molecule has 19 heavy (non-hydrogen) atoms. The molecule has 0 amide bonds. The number of carbonyl (C=O) groups is 1. The van der Waals surface area contributed by atoms with Gasteiger partial charge in [-0.15, -0.1) is 0 Å². The molecule has 0 aliphatic heterocycles. The summed E-state index contributed by atoms with van der Waals surface area (Å²) < 4.78 is 11.1. The van der Waals surface area contributed by atoms with Gasteiger partial charge in [-0.3, -0.25) is 4.79 Å². The van der Waals surface area contributed by atoms with Crippen LogP contribution in [0.3, 0.4) is 0 Å². The smallest absolute Gasteiger partial charge is 0.307 e. The second-order valence-electron chi connectivity index (χ2n) is 4.70. The molecule has 5 heteroatoms. The zero-order valence-electron chi connectivity index (χ0n) is 10.8. The average Bonchev–Trinajstić information content (AvgIpc) is 2.80. The Labute approximate surface area is 117 Å². The predicted octanol–water partition coefficient (Wildman–Crippen LogP) is 3.30. The second-order valence-corrected chi connectivity index (χ2v) is 5.11. The standard InChI is InChI=1S/C14H17ClO4/c1-18-14-11(15)6-9(8-13(16)17)7-12(14)19-10-4-2-3-5-10/h6-7,10H,2-5,8H2,1H3,(H,16,17). The first-order valence-electron chi connectivity index (χ1n) is 6.35. The van der Waals surface area contributed by atoms with Crippen molar-refractivity contribution in [2.24, 2.45) is 0 Å². The first kappa shape index (κ1) is 14.0. The third kappa shape index (κ3) is 3.53. The third-order valence-electron chi connectivity index (χ3n) is 3.22. The summed E-state index contributed by atoms with van der Waals surface area (Å²) in [4.78, 5) is 10.8. The number of rotatable bonds is 5. The summed E-state index contributed by atoms with van der Waals surface area (Å²) in [6, 6.07) is 3.31. The van der Waals surface area contributed by atoms with Crippen LogP contribution in [0, 0.1) is 0 Å². The molecule has 0 atom stereocenters. The Bertz CT molecular complexity index is 467. The van der Waals surface area contributed by atoms with E-state index in [0.717, 1.165) is 25.7 Å². The van der Waals surface area contributed by atoms with Crippen LogP contribution in [0.1, 0.15) is 31.2 Å². The van der Waals surface area contributed by atoms with E-state index in [1.165, 1.54) is 7.11 Å². The molecule has 1 saturated carbocycles. The minimum atomic E-state index is -0.895. The maximum Gasteiger partial charge on any atom is 0.307 e. The van der Waals surface area contributed by atoms with Crippen molar-refractivity contribution in [3.05, 3.63) is 22.7 Å². The molecule has 1 aliphatic carbocycles. The van der Waals surface area contributed by atoms with Crippen molar-refractivity contribution in [3.8, 4) is 11.5 Å². The van der Waals surface area contributed by atoms with Gasteiger partial charge in [0.25, 0.3) is 0 Å². The zero-order valence-corrected chi connectivity index (χ0v) is 11.6. The molecule has 0 bridgehead atoms. The molecule has 0 radical (unpaired) electrons. The molecule has 1 aromatic rings. The molecule has 4 nitrogen and oxygen atoms in total. The van der Waals surface area contributed by atoms with Crippen molar-refractivity contribution < 1.29 is 19.4 Å². The van der Waals surface area contributed by atoms with Crippen LogP contribution in [-0.2, 0) is 11.2 Å². The predicted molar refractivity (Wildman–Crippen MR) is 72.2 cm³/mol. The van der Waals surface area contributed by atoms with Crippen molar-refractivity contribution in [1.29, 1.82) is 0 Å². The van der Waals surface area contributed by atoms with E-state index in [1.807, 2.05) is 0 Å². The first-order valence-corrected chi connectivity index (χ1v) is 6.73. The van der Waals surface area contributed by atoms with Crippen LogP contribution >= 0.6 is 11.6 Å². The van der Waals surface area contributed by atoms with Crippen molar-refractivity contribution in [1.82, 2.24) is 0 Å². The summed E-state index contributed by atoms with van der Waals surface area (Å²) in [5, 5.41) is 9.23. The molecular weight excluding hydrogens is 268 g/mol. The fraction of sp³-hybridized carbons (Fsp3) is 0.500. The van der Waals surface area contributed by atoms with Crippen molar-refractivity contribution in [3.63, 3.8) is 0 Å².